The van der Waals surface area contributed by atoms with Crippen LogP contribution in [0.2, 0.25) is 0 Å². The molecule has 0 fully saturated rings. The Morgan fingerprint density at radius 3 is 2.22 bits per heavy atom. The van der Waals surface area contributed by atoms with Gasteiger partial charge in [0.05, 0.1) is 11.7 Å². The van der Waals surface area contributed by atoms with Gasteiger partial charge in [-0.05, 0) is 83.3 Å². The summed E-state index contributed by atoms with van der Waals surface area (Å²) in [5.41, 5.74) is 8.41. The standard InChI is InChI=1S/C38H42N2O5S/c1-26-9-18-34(27(2)23-26)30-14-16-33(17-15-30)40-37(42)35(32-8-6-7-28(24-32)19-20-38(3,4)5)25-29-10-12-31(13-11-29)36(41)39-21-22-46(43,44)45/h6-20,23-24,35H,21-22,25H2,1-5H3,(H,39,41)(H,40,42)(H,43,44,45)/b20-19+. The summed E-state index contributed by atoms with van der Waals surface area (Å²) in [6.45, 7) is 10.4. The van der Waals surface area contributed by atoms with Crippen LogP contribution in [0.4, 0.5) is 5.69 Å². The molecule has 0 heterocycles. The van der Waals surface area contributed by atoms with Crippen LogP contribution in [0.5, 0.6) is 0 Å². The Bertz CT molecular complexity index is 1820. The summed E-state index contributed by atoms with van der Waals surface area (Å²) in [5.74, 6) is -1.68. The van der Waals surface area contributed by atoms with Gasteiger partial charge in [-0.15, -0.1) is 0 Å². The van der Waals surface area contributed by atoms with Crippen LogP contribution in [0, 0.1) is 19.3 Å². The lowest BCUT2D eigenvalue weighted by Gasteiger charge is -2.19. The first kappa shape index (κ1) is 34.3. The number of rotatable bonds is 11. The third-order valence-electron chi connectivity index (χ3n) is 7.55. The Morgan fingerprint density at radius 2 is 1.59 bits per heavy atom. The van der Waals surface area contributed by atoms with E-state index in [0.717, 1.165) is 27.8 Å². The molecule has 0 bridgehead atoms. The molecule has 1 unspecified atom stereocenters. The van der Waals surface area contributed by atoms with E-state index in [9.17, 15) is 18.0 Å². The van der Waals surface area contributed by atoms with E-state index in [1.807, 2.05) is 48.5 Å². The number of aryl methyl sites for hydroxylation is 2. The third kappa shape index (κ3) is 10.3. The first-order chi connectivity index (χ1) is 21.7. The highest BCUT2D eigenvalue weighted by Crippen LogP contribution is 2.28. The number of carbonyl (C=O) groups is 2. The maximum Gasteiger partial charge on any atom is 0.266 e. The molecule has 0 radical (unpaired) electrons. The van der Waals surface area contributed by atoms with Gasteiger partial charge in [0.2, 0.25) is 5.91 Å². The number of benzene rings is 4. The van der Waals surface area contributed by atoms with Crippen molar-refractivity contribution in [3.8, 4) is 11.1 Å². The Hall–Kier alpha value is -4.53. The van der Waals surface area contributed by atoms with Gasteiger partial charge < -0.3 is 10.6 Å². The van der Waals surface area contributed by atoms with E-state index in [1.54, 1.807) is 24.3 Å². The Morgan fingerprint density at radius 1 is 0.891 bits per heavy atom. The lowest BCUT2D eigenvalue weighted by molar-refractivity contribution is -0.117. The molecular weight excluding hydrogens is 596 g/mol. The zero-order valence-corrected chi connectivity index (χ0v) is 27.8. The number of hydrogen-bond acceptors (Lipinski definition) is 4. The van der Waals surface area contributed by atoms with Crippen LogP contribution >= 0.6 is 0 Å². The second-order valence-corrected chi connectivity index (χ2v) is 14.3. The van der Waals surface area contributed by atoms with E-state index in [-0.39, 0.29) is 17.9 Å². The van der Waals surface area contributed by atoms with Gasteiger partial charge in [-0.25, -0.2) is 0 Å². The number of anilines is 1. The average Bonchev–Trinajstić information content (AvgIpc) is 2.99. The summed E-state index contributed by atoms with van der Waals surface area (Å²) in [4.78, 5) is 26.4. The largest absolute Gasteiger partial charge is 0.351 e. The lowest BCUT2D eigenvalue weighted by Crippen LogP contribution is -2.28. The molecule has 3 N–H and O–H groups in total. The van der Waals surface area contributed by atoms with Crippen molar-refractivity contribution in [3.05, 3.63) is 130 Å². The molecule has 0 saturated carbocycles. The van der Waals surface area contributed by atoms with Crippen molar-refractivity contribution in [2.75, 3.05) is 17.6 Å². The van der Waals surface area contributed by atoms with Crippen LogP contribution in [0.25, 0.3) is 17.2 Å². The van der Waals surface area contributed by atoms with Crippen molar-refractivity contribution in [1.82, 2.24) is 5.32 Å². The van der Waals surface area contributed by atoms with E-state index in [2.05, 4.69) is 75.6 Å². The minimum atomic E-state index is -4.17. The van der Waals surface area contributed by atoms with E-state index in [1.165, 1.54) is 11.1 Å². The average molecular weight is 639 g/mol. The van der Waals surface area contributed by atoms with Crippen molar-refractivity contribution in [2.24, 2.45) is 5.41 Å². The maximum atomic E-state index is 13.9. The van der Waals surface area contributed by atoms with E-state index < -0.39 is 27.7 Å². The molecule has 0 saturated heterocycles. The van der Waals surface area contributed by atoms with E-state index in [0.29, 0.717) is 17.7 Å². The van der Waals surface area contributed by atoms with Crippen molar-refractivity contribution >= 4 is 33.7 Å². The first-order valence-corrected chi connectivity index (χ1v) is 16.9. The van der Waals surface area contributed by atoms with Crippen LogP contribution in [-0.4, -0.2) is 37.1 Å². The van der Waals surface area contributed by atoms with Gasteiger partial charge in [0, 0.05) is 17.8 Å². The molecule has 4 aromatic rings. The molecule has 4 rings (SSSR count). The molecule has 1 atom stereocenters. The molecule has 8 heteroatoms. The summed E-state index contributed by atoms with van der Waals surface area (Å²) in [6, 6.07) is 29.1. The maximum absolute atomic E-state index is 13.9. The Labute approximate surface area is 272 Å². The lowest BCUT2D eigenvalue weighted by atomic mass is 9.89. The van der Waals surface area contributed by atoms with E-state index in [4.69, 9.17) is 4.55 Å². The molecule has 240 valence electrons. The van der Waals surface area contributed by atoms with Gasteiger partial charge in [-0.1, -0.05) is 105 Å². The van der Waals surface area contributed by atoms with Gasteiger partial charge in [-0.3, -0.25) is 14.1 Å². The number of allylic oxidation sites excluding steroid dienone is 1. The van der Waals surface area contributed by atoms with Crippen LogP contribution in [-0.2, 0) is 21.3 Å². The summed E-state index contributed by atoms with van der Waals surface area (Å²) >= 11 is 0. The number of carbonyl (C=O) groups excluding carboxylic acids is 2. The topological polar surface area (TPSA) is 113 Å². The SMILES string of the molecule is Cc1ccc(-c2ccc(NC(=O)C(Cc3ccc(C(=O)NCCS(=O)(=O)O)cc3)c3cccc(/C=C/C(C)(C)C)c3)cc2)c(C)c1. The van der Waals surface area contributed by atoms with Crippen molar-refractivity contribution in [2.45, 2.75) is 47.0 Å². The first-order valence-electron chi connectivity index (χ1n) is 15.3. The molecule has 0 aromatic heterocycles. The van der Waals surface area contributed by atoms with Crippen LogP contribution < -0.4 is 10.6 Å². The smallest absolute Gasteiger partial charge is 0.266 e. The number of nitrogens with one attached hydrogen (secondary N) is 2. The predicted octanol–water partition coefficient (Wildman–Crippen LogP) is 7.61. The van der Waals surface area contributed by atoms with Crippen molar-refractivity contribution in [3.63, 3.8) is 0 Å². The number of amides is 2. The molecule has 4 aromatic carbocycles. The molecule has 0 aliphatic heterocycles. The summed E-state index contributed by atoms with van der Waals surface area (Å²) in [7, 11) is -4.17. The zero-order valence-electron chi connectivity index (χ0n) is 27.0. The van der Waals surface area contributed by atoms with Crippen LogP contribution in [0.15, 0.2) is 97.1 Å². The third-order valence-corrected chi connectivity index (χ3v) is 8.27. The van der Waals surface area contributed by atoms with Crippen molar-refractivity contribution < 1.29 is 22.6 Å². The summed E-state index contributed by atoms with van der Waals surface area (Å²) < 4.78 is 30.8. The quantitative estimate of drug-likeness (QED) is 0.146. The highest BCUT2D eigenvalue weighted by molar-refractivity contribution is 7.85. The molecule has 7 nitrogen and oxygen atoms in total. The fraction of sp³-hybridized carbons (Fsp3) is 0.263. The molecule has 0 aliphatic carbocycles. The highest BCUT2D eigenvalue weighted by atomic mass is 32.2. The minimum Gasteiger partial charge on any atom is -0.351 e. The Balaban J connectivity index is 1.56. The second-order valence-electron chi connectivity index (χ2n) is 12.8. The minimum absolute atomic E-state index is 0.0104. The Kier molecular flexibility index (Phi) is 11.0. The molecule has 0 aliphatic rings. The predicted molar refractivity (Wildman–Crippen MR) is 187 cm³/mol. The van der Waals surface area contributed by atoms with Crippen LogP contribution in [0.3, 0.4) is 0 Å². The van der Waals surface area contributed by atoms with E-state index >= 15 is 0 Å². The molecule has 2 amide bonds. The van der Waals surface area contributed by atoms with Crippen LogP contribution in [0.1, 0.15) is 64.9 Å². The zero-order chi connectivity index (χ0) is 33.5. The monoisotopic (exact) mass is 638 g/mol. The van der Waals surface area contributed by atoms with Gasteiger partial charge in [-0.2, -0.15) is 8.42 Å². The second kappa shape index (κ2) is 14.7. The van der Waals surface area contributed by atoms with Gasteiger partial charge in [0.25, 0.3) is 16.0 Å². The molecular formula is C38H42N2O5S. The van der Waals surface area contributed by atoms with Gasteiger partial charge >= 0.3 is 0 Å². The molecule has 0 spiro atoms. The summed E-state index contributed by atoms with van der Waals surface area (Å²) in [6.07, 6.45) is 4.60. The van der Waals surface area contributed by atoms with Crippen molar-refractivity contribution in [1.29, 1.82) is 0 Å². The highest BCUT2D eigenvalue weighted by Gasteiger charge is 2.22. The molecule has 46 heavy (non-hydrogen) atoms. The van der Waals surface area contributed by atoms with Gasteiger partial charge in [0.15, 0.2) is 0 Å². The fourth-order valence-corrected chi connectivity index (χ4v) is 5.47. The fourth-order valence-electron chi connectivity index (χ4n) is 5.11. The summed E-state index contributed by atoms with van der Waals surface area (Å²) in [5, 5.41) is 5.60. The number of hydrogen-bond donors (Lipinski definition) is 3. The normalized spacial score (nSPS) is 12.6. The van der Waals surface area contributed by atoms with Gasteiger partial charge in [0.1, 0.15) is 0 Å².